The number of hydrogen-bond acceptors (Lipinski definition) is 8. The number of morpholine rings is 1. The first kappa shape index (κ1) is 18.1. The van der Waals surface area contributed by atoms with Crippen LogP contribution in [0.1, 0.15) is 18.4 Å². The van der Waals surface area contributed by atoms with Crippen LogP contribution in [0.3, 0.4) is 0 Å². The summed E-state index contributed by atoms with van der Waals surface area (Å²) in [6.45, 7) is 7.61. The van der Waals surface area contributed by atoms with E-state index >= 15 is 0 Å². The molecule has 2 N–H and O–H groups in total. The molecule has 0 spiro atoms. The second-order valence-electron chi connectivity index (χ2n) is 7.18. The number of aromatic nitrogens is 2. The van der Waals surface area contributed by atoms with Gasteiger partial charge in [0.2, 0.25) is 0 Å². The zero-order valence-electron chi connectivity index (χ0n) is 16.0. The molecule has 2 aliphatic heterocycles. The summed E-state index contributed by atoms with van der Waals surface area (Å²) in [5.74, 6) is 1.76. The smallest absolute Gasteiger partial charge is 0.266 e. The van der Waals surface area contributed by atoms with E-state index in [1.165, 1.54) is 0 Å². The molecule has 2 aromatic rings. The number of nitrogens with zero attached hydrogens (tertiary/aromatic N) is 4. The minimum atomic E-state index is 0.496. The Morgan fingerprint density at radius 1 is 1.15 bits per heavy atom. The van der Waals surface area contributed by atoms with E-state index in [0.717, 1.165) is 63.4 Å². The van der Waals surface area contributed by atoms with E-state index in [0.29, 0.717) is 29.3 Å². The summed E-state index contributed by atoms with van der Waals surface area (Å²) in [6.07, 6.45) is 2.22. The van der Waals surface area contributed by atoms with E-state index in [4.69, 9.17) is 19.7 Å². The van der Waals surface area contributed by atoms with Crippen molar-refractivity contribution >= 4 is 11.6 Å². The van der Waals surface area contributed by atoms with Crippen LogP contribution in [-0.4, -0.2) is 67.6 Å². The molecule has 0 radical (unpaired) electrons. The minimum Gasteiger partial charge on any atom is -0.495 e. The summed E-state index contributed by atoms with van der Waals surface area (Å²) in [5.41, 5.74) is 8.40. The first-order valence-corrected chi connectivity index (χ1v) is 9.50. The summed E-state index contributed by atoms with van der Waals surface area (Å²) < 4.78 is 16.3. The Kier molecular flexibility index (Phi) is 5.18. The van der Waals surface area contributed by atoms with Crippen LogP contribution < -0.4 is 15.4 Å². The Bertz CT molecular complexity index is 780. The Morgan fingerprint density at radius 3 is 2.59 bits per heavy atom. The van der Waals surface area contributed by atoms with Crippen molar-refractivity contribution < 1.29 is 14.0 Å². The highest BCUT2D eigenvalue weighted by molar-refractivity contribution is 5.69. The molecule has 3 heterocycles. The standard InChI is InChI=1S/C19H27N5O3/c1-13-11-16(20)17(25-2)12-15(13)18-21-19(22-27-18)24-5-3-14(4-6-24)23-7-9-26-10-8-23/h11-12,14H,3-10,20H2,1-2H3. The number of nitrogen functional groups attached to an aromatic ring is 1. The molecule has 0 unspecified atom stereocenters. The molecular weight excluding hydrogens is 346 g/mol. The Hall–Kier alpha value is -2.32. The van der Waals surface area contributed by atoms with Gasteiger partial charge in [-0.05, 0) is 42.6 Å². The molecule has 146 valence electrons. The maximum absolute atomic E-state index is 5.96. The van der Waals surface area contributed by atoms with E-state index in [1.54, 1.807) is 7.11 Å². The number of hydrogen-bond donors (Lipinski definition) is 1. The molecule has 2 aliphatic rings. The summed E-state index contributed by atoms with van der Waals surface area (Å²) in [5, 5.41) is 4.21. The maximum atomic E-state index is 5.96. The molecule has 1 aromatic heterocycles. The molecule has 0 bridgehead atoms. The van der Waals surface area contributed by atoms with Gasteiger partial charge in [-0.25, -0.2) is 0 Å². The van der Waals surface area contributed by atoms with Gasteiger partial charge in [-0.15, -0.1) is 0 Å². The van der Waals surface area contributed by atoms with Crippen molar-refractivity contribution in [1.82, 2.24) is 15.0 Å². The highest BCUT2D eigenvalue weighted by atomic mass is 16.5. The summed E-state index contributed by atoms with van der Waals surface area (Å²) >= 11 is 0. The van der Waals surface area contributed by atoms with Crippen LogP contribution in [0, 0.1) is 6.92 Å². The van der Waals surface area contributed by atoms with E-state index in [-0.39, 0.29) is 0 Å². The second-order valence-corrected chi connectivity index (χ2v) is 7.18. The Morgan fingerprint density at radius 2 is 1.89 bits per heavy atom. The van der Waals surface area contributed by atoms with Crippen LogP contribution in [0.5, 0.6) is 5.75 Å². The van der Waals surface area contributed by atoms with Gasteiger partial charge in [0, 0.05) is 37.8 Å². The van der Waals surface area contributed by atoms with Gasteiger partial charge in [0.1, 0.15) is 5.75 Å². The predicted octanol–water partition coefficient (Wildman–Crippen LogP) is 1.94. The van der Waals surface area contributed by atoms with E-state index in [9.17, 15) is 0 Å². The fourth-order valence-corrected chi connectivity index (χ4v) is 3.94. The molecule has 1 aromatic carbocycles. The number of ether oxygens (including phenoxy) is 2. The number of benzene rings is 1. The van der Waals surface area contributed by atoms with Crippen molar-refractivity contribution in [3.05, 3.63) is 17.7 Å². The number of nitrogens with two attached hydrogens (primary N) is 1. The summed E-state index contributed by atoms with van der Waals surface area (Å²) in [7, 11) is 1.60. The van der Waals surface area contributed by atoms with Gasteiger partial charge in [0.15, 0.2) is 0 Å². The third kappa shape index (κ3) is 3.72. The molecule has 0 aliphatic carbocycles. The zero-order valence-corrected chi connectivity index (χ0v) is 16.0. The SMILES string of the molecule is COc1cc(-c2nc(N3CCC(N4CCOCC4)CC3)no2)c(C)cc1N. The fourth-order valence-electron chi connectivity index (χ4n) is 3.94. The second kappa shape index (κ2) is 7.74. The first-order valence-electron chi connectivity index (χ1n) is 9.50. The zero-order chi connectivity index (χ0) is 18.8. The van der Waals surface area contributed by atoms with Crippen LogP contribution in [-0.2, 0) is 4.74 Å². The van der Waals surface area contributed by atoms with E-state index in [1.807, 2.05) is 19.1 Å². The molecule has 4 rings (SSSR count). The molecule has 2 saturated heterocycles. The molecule has 27 heavy (non-hydrogen) atoms. The highest BCUT2D eigenvalue weighted by Gasteiger charge is 2.28. The van der Waals surface area contributed by atoms with Crippen molar-refractivity contribution in [1.29, 1.82) is 0 Å². The largest absolute Gasteiger partial charge is 0.495 e. The van der Waals surface area contributed by atoms with Gasteiger partial charge in [-0.1, -0.05) is 0 Å². The lowest BCUT2D eigenvalue weighted by molar-refractivity contribution is 0.0114. The van der Waals surface area contributed by atoms with Crippen LogP contribution >= 0.6 is 0 Å². The Labute approximate surface area is 159 Å². The van der Waals surface area contributed by atoms with Gasteiger partial charge in [0.25, 0.3) is 11.8 Å². The van der Waals surface area contributed by atoms with Crippen molar-refractivity contribution in [2.45, 2.75) is 25.8 Å². The van der Waals surface area contributed by atoms with Crippen molar-refractivity contribution in [2.24, 2.45) is 0 Å². The summed E-state index contributed by atoms with van der Waals surface area (Å²) in [6, 6.07) is 4.35. The average Bonchev–Trinajstić information content (AvgIpc) is 3.19. The van der Waals surface area contributed by atoms with Crippen LogP contribution in [0.4, 0.5) is 11.6 Å². The van der Waals surface area contributed by atoms with Crippen molar-refractivity contribution in [3.63, 3.8) is 0 Å². The van der Waals surface area contributed by atoms with E-state index in [2.05, 4.69) is 19.9 Å². The van der Waals surface area contributed by atoms with Crippen molar-refractivity contribution in [3.8, 4) is 17.2 Å². The quantitative estimate of drug-likeness (QED) is 0.813. The molecule has 0 amide bonds. The third-order valence-electron chi connectivity index (χ3n) is 5.53. The fraction of sp³-hybridized carbons (Fsp3) is 0.579. The molecular formula is C19H27N5O3. The molecule has 8 nitrogen and oxygen atoms in total. The number of anilines is 2. The molecule has 0 saturated carbocycles. The normalized spacial score (nSPS) is 19.4. The van der Waals surface area contributed by atoms with E-state index < -0.39 is 0 Å². The number of methoxy groups -OCH3 is 1. The number of aryl methyl sites for hydroxylation is 1. The highest BCUT2D eigenvalue weighted by Crippen LogP contribution is 2.32. The van der Waals surface area contributed by atoms with Crippen molar-refractivity contribution in [2.75, 3.05) is 57.1 Å². The van der Waals surface area contributed by atoms with Crippen LogP contribution in [0.25, 0.3) is 11.5 Å². The lowest BCUT2D eigenvalue weighted by Gasteiger charge is -2.39. The van der Waals surface area contributed by atoms with Gasteiger partial charge in [-0.3, -0.25) is 4.90 Å². The minimum absolute atomic E-state index is 0.496. The van der Waals surface area contributed by atoms with Crippen LogP contribution in [0.2, 0.25) is 0 Å². The average molecular weight is 373 g/mol. The maximum Gasteiger partial charge on any atom is 0.266 e. The number of piperidine rings is 1. The number of rotatable bonds is 4. The van der Waals surface area contributed by atoms with Crippen LogP contribution in [0.15, 0.2) is 16.7 Å². The molecule has 0 atom stereocenters. The van der Waals surface area contributed by atoms with Gasteiger partial charge < -0.3 is 24.6 Å². The predicted molar refractivity (Wildman–Crippen MR) is 103 cm³/mol. The van der Waals surface area contributed by atoms with Gasteiger partial charge in [0.05, 0.1) is 26.0 Å². The lowest BCUT2D eigenvalue weighted by Crippen LogP contribution is -2.49. The lowest BCUT2D eigenvalue weighted by atomic mass is 10.0. The molecule has 2 fully saturated rings. The van der Waals surface area contributed by atoms with Gasteiger partial charge in [-0.2, -0.15) is 4.98 Å². The topological polar surface area (TPSA) is 89.9 Å². The third-order valence-corrected chi connectivity index (χ3v) is 5.53. The first-order chi connectivity index (χ1) is 13.2. The molecule has 8 heteroatoms. The monoisotopic (exact) mass is 373 g/mol. The Balaban J connectivity index is 1.44. The van der Waals surface area contributed by atoms with Gasteiger partial charge >= 0.3 is 0 Å². The summed E-state index contributed by atoms with van der Waals surface area (Å²) in [4.78, 5) is 9.38.